The number of unbranched alkanes of at least 4 members (excludes halogenated alkanes) is 6. The molecule has 0 aliphatic carbocycles. The molecule has 0 aromatic heterocycles. The van der Waals surface area contributed by atoms with Crippen molar-refractivity contribution in [3.8, 4) is 0 Å². The number of carbonyl (C=O) groups is 2. The van der Waals surface area contributed by atoms with E-state index in [0.717, 1.165) is 36.2 Å². The molecule has 0 unspecified atom stereocenters. The number of carbonyl (C=O) groups excluding carboxylic acids is 2. The molecule has 2 amide bonds. The molecule has 0 radical (unpaired) electrons. The van der Waals surface area contributed by atoms with Gasteiger partial charge in [-0.05, 0) is 48.2 Å². The van der Waals surface area contributed by atoms with Crippen molar-refractivity contribution in [1.29, 1.82) is 0 Å². The topological polar surface area (TPSA) is 49.4 Å². The van der Waals surface area contributed by atoms with E-state index in [2.05, 4.69) is 31.3 Å². The normalized spacial score (nSPS) is 15.9. The summed E-state index contributed by atoms with van der Waals surface area (Å²) >= 11 is 1.65. The van der Waals surface area contributed by atoms with Crippen LogP contribution in [0.4, 0.5) is 11.4 Å². The zero-order chi connectivity index (χ0) is 22.8. The summed E-state index contributed by atoms with van der Waals surface area (Å²) in [6, 6.07) is 16.2. The molecule has 3 rings (SSSR count). The third-order valence-electron chi connectivity index (χ3n) is 5.98. The number of hydrogen-bond donors (Lipinski definition) is 1. The van der Waals surface area contributed by atoms with Crippen molar-refractivity contribution in [2.45, 2.75) is 77.0 Å². The first-order valence-corrected chi connectivity index (χ1v) is 13.1. The Labute approximate surface area is 197 Å². The summed E-state index contributed by atoms with van der Waals surface area (Å²) < 4.78 is 0. The fraction of sp³-hybridized carbons (Fsp3) is 0.481. The van der Waals surface area contributed by atoms with Crippen LogP contribution in [-0.2, 0) is 16.0 Å². The first kappa shape index (κ1) is 24.4. The minimum Gasteiger partial charge on any atom is -0.326 e. The number of aryl methyl sites for hydroxylation is 1. The Morgan fingerprint density at radius 3 is 2.25 bits per heavy atom. The Morgan fingerprint density at radius 1 is 0.938 bits per heavy atom. The van der Waals surface area contributed by atoms with E-state index >= 15 is 0 Å². The van der Waals surface area contributed by atoms with Crippen molar-refractivity contribution < 1.29 is 9.59 Å². The Hall–Kier alpha value is -2.27. The molecule has 1 fully saturated rings. The predicted molar refractivity (Wildman–Crippen MR) is 136 cm³/mol. The van der Waals surface area contributed by atoms with Crippen LogP contribution in [0, 0.1) is 0 Å². The maximum atomic E-state index is 12.6. The maximum Gasteiger partial charge on any atom is 0.238 e. The second kappa shape index (κ2) is 12.7. The van der Waals surface area contributed by atoms with Crippen LogP contribution in [0.3, 0.4) is 0 Å². The van der Waals surface area contributed by atoms with Gasteiger partial charge in [0.05, 0.1) is 5.75 Å². The second-order valence-electron chi connectivity index (χ2n) is 8.49. The number of anilines is 2. The smallest absolute Gasteiger partial charge is 0.238 e. The van der Waals surface area contributed by atoms with Gasteiger partial charge in [-0.1, -0.05) is 76.6 Å². The molecule has 2 aromatic carbocycles. The van der Waals surface area contributed by atoms with Gasteiger partial charge in [-0.3, -0.25) is 14.5 Å². The molecule has 2 aromatic rings. The van der Waals surface area contributed by atoms with Crippen LogP contribution in [-0.4, -0.2) is 17.6 Å². The monoisotopic (exact) mass is 452 g/mol. The van der Waals surface area contributed by atoms with Crippen molar-refractivity contribution >= 4 is 35.0 Å². The van der Waals surface area contributed by atoms with E-state index in [1.807, 2.05) is 41.3 Å². The summed E-state index contributed by atoms with van der Waals surface area (Å²) in [6.45, 7) is 4.35. The molecule has 1 saturated heterocycles. The van der Waals surface area contributed by atoms with Crippen LogP contribution >= 0.6 is 11.8 Å². The molecule has 0 bridgehead atoms. The van der Waals surface area contributed by atoms with Crippen molar-refractivity contribution in [3.63, 3.8) is 0 Å². The van der Waals surface area contributed by atoms with E-state index in [-0.39, 0.29) is 17.2 Å². The van der Waals surface area contributed by atoms with Crippen LogP contribution in [0.2, 0.25) is 0 Å². The highest BCUT2D eigenvalue weighted by atomic mass is 32.2. The predicted octanol–water partition coefficient (Wildman–Crippen LogP) is 7.11. The van der Waals surface area contributed by atoms with Crippen LogP contribution in [0.15, 0.2) is 48.5 Å². The minimum atomic E-state index is -0.0348. The number of rotatable bonds is 12. The average Bonchev–Trinajstić information content (AvgIpc) is 3.20. The first-order chi connectivity index (χ1) is 15.6. The molecule has 0 spiro atoms. The summed E-state index contributed by atoms with van der Waals surface area (Å²) in [5.41, 5.74) is 4.09. The number of amides is 2. The summed E-state index contributed by atoms with van der Waals surface area (Å²) in [7, 11) is 0. The third-order valence-corrected chi connectivity index (χ3v) is 7.19. The quantitative estimate of drug-likeness (QED) is 0.349. The van der Waals surface area contributed by atoms with Gasteiger partial charge in [-0.2, -0.15) is 0 Å². The number of thioether (sulfide) groups is 1. The van der Waals surface area contributed by atoms with Gasteiger partial charge in [0.2, 0.25) is 11.8 Å². The van der Waals surface area contributed by atoms with E-state index in [1.165, 1.54) is 37.7 Å². The molecule has 5 heteroatoms. The first-order valence-electron chi connectivity index (χ1n) is 12.0. The summed E-state index contributed by atoms with van der Waals surface area (Å²) in [5.74, 6) is 0.697. The Bertz CT molecular complexity index is 864. The summed E-state index contributed by atoms with van der Waals surface area (Å²) in [4.78, 5) is 26.7. The number of benzene rings is 2. The lowest BCUT2D eigenvalue weighted by Crippen LogP contribution is -2.27. The largest absolute Gasteiger partial charge is 0.326 e. The van der Waals surface area contributed by atoms with E-state index < -0.39 is 0 Å². The average molecular weight is 453 g/mol. The highest BCUT2D eigenvalue weighted by Gasteiger charge is 2.33. The molecule has 1 aliphatic heterocycles. The molecule has 32 heavy (non-hydrogen) atoms. The molecular formula is C27H36N2O2S. The molecule has 4 nitrogen and oxygen atoms in total. The van der Waals surface area contributed by atoms with Crippen LogP contribution in [0.25, 0.3) is 0 Å². The SMILES string of the molecule is CCCCCCCCCC(=O)Nc1ccc([C@@H]2SCC(=O)N2c2ccc(CC)cc2)cc1. The maximum absolute atomic E-state index is 12.6. The lowest BCUT2D eigenvalue weighted by molar-refractivity contribution is -0.116. The van der Waals surface area contributed by atoms with Crippen molar-refractivity contribution in [2.24, 2.45) is 0 Å². The van der Waals surface area contributed by atoms with Gasteiger partial charge in [-0.25, -0.2) is 0 Å². The summed E-state index contributed by atoms with van der Waals surface area (Å²) in [6.07, 6.45) is 10.0. The number of hydrogen-bond acceptors (Lipinski definition) is 3. The fourth-order valence-corrected chi connectivity index (χ4v) is 5.22. The van der Waals surface area contributed by atoms with Crippen molar-refractivity contribution in [1.82, 2.24) is 0 Å². The molecular weight excluding hydrogens is 416 g/mol. The van der Waals surface area contributed by atoms with Crippen molar-refractivity contribution in [2.75, 3.05) is 16.0 Å². The van der Waals surface area contributed by atoms with Gasteiger partial charge >= 0.3 is 0 Å². The highest BCUT2D eigenvalue weighted by Crippen LogP contribution is 2.42. The molecule has 172 valence electrons. The Balaban J connectivity index is 1.51. The third kappa shape index (κ3) is 6.86. The fourth-order valence-electron chi connectivity index (χ4n) is 4.04. The molecule has 1 aliphatic rings. The lowest BCUT2D eigenvalue weighted by Gasteiger charge is -2.24. The van der Waals surface area contributed by atoms with Gasteiger partial charge in [0.25, 0.3) is 0 Å². The number of nitrogens with zero attached hydrogens (tertiary/aromatic N) is 1. The van der Waals surface area contributed by atoms with E-state index in [0.29, 0.717) is 12.2 Å². The van der Waals surface area contributed by atoms with Crippen molar-refractivity contribution in [3.05, 3.63) is 59.7 Å². The van der Waals surface area contributed by atoms with Gasteiger partial charge < -0.3 is 5.32 Å². The van der Waals surface area contributed by atoms with Gasteiger partial charge in [0, 0.05) is 17.8 Å². The molecule has 1 atom stereocenters. The standard InChI is InChI=1S/C27H36N2O2S/c1-3-5-6-7-8-9-10-11-25(30)28-23-16-14-22(15-17-23)27-29(26(31)20-32-27)24-18-12-21(4-2)13-19-24/h12-19,27H,3-11,20H2,1-2H3,(H,28,30)/t27-/m0/s1. The molecule has 1 N–H and O–H groups in total. The lowest BCUT2D eigenvalue weighted by atomic mass is 10.1. The highest BCUT2D eigenvalue weighted by molar-refractivity contribution is 8.00. The Kier molecular flexibility index (Phi) is 9.66. The Morgan fingerprint density at radius 2 is 1.59 bits per heavy atom. The number of nitrogens with one attached hydrogen (secondary N) is 1. The van der Waals surface area contributed by atoms with Gasteiger partial charge in [-0.15, -0.1) is 11.8 Å². The van der Waals surface area contributed by atoms with Crippen LogP contribution in [0.1, 0.15) is 81.7 Å². The van der Waals surface area contributed by atoms with Crippen LogP contribution < -0.4 is 10.2 Å². The molecule has 1 heterocycles. The molecule has 0 saturated carbocycles. The van der Waals surface area contributed by atoms with E-state index in [9.17, 15) is 9.59 Å². The second-order valence-corrected chi connectivity index (χ2v) is 9.56. The van der Waals surface area contributed by atoms with Gasteiger partial charge in [0.15, 0.2) is 0 Å². The van der Waals surface area contributed by atoms with E-state index in [1.54, 1.807) is 11.8 Å². The zero-order valence-corrected chi connectivity index (χ0v) is 20.3. The van der Waals surface area contributed by atoms with E-state index in [4.69, 9.17) is 0 Å². The zero-order valence-electron chi connectivity index (χ0n) is 19.4. The van der Waals surface area contributed by atoms with Crippen LogP contribution in [0.5, 0.6) is 0 Å². The minimum absolute atomic E-state index is 0.0348. The van der Waals surface area contributed by atoms with Gasteiger partial charge in [0.1, 0.15) is 5.37 Å². The summed E-state index contributed by atoms with van der Waals surface area (Å²) in [5, 5.41) is 2.97.